The van der Waals surface area contributed by atoms with Crippen LogP contribution in [0.1, 0.15) is 103 Å². The van der Waals surface area contributed by atoms with Gasteiger partial charge in [0.05, 0.1) is 0 Å². The first-order valence-corrected chi connectivity index (χ1v) is 10.8. The summed E-state index contributed by atoms with van der Waals surface area (Å²) in [5, 5.41) is 8.55. The molecule has 1 fully saturated rings. The van der Waals surface area contributed by atoms with Crippen molar-refractivity contribution in [1.29, 1.82) is 0 Å². The molecule has 0 spiro atoms. The summed E-state index contributed by atoms with van der Waals surface area (Å²) in [6.07, 6.45) is 13.7. The van der Waals surface area contributed by atoms with E-state index in [1.807, 2.05) is 0 Å². The lowest BCUT2D eigenvalue weighted by Gasteiger charge is -2.31. The van der Waals surface area contributed by atoms with Crippen molar-refractivity contribution in [2.24, 2.45) is 0 Å². The molecule has 1 amide bonds. The molecule has 1 saturated heterocycles. The minimum atomic E-state index is -2.59. The van der Waals surface area contributed by atoms with Gasteiger partial charge in [0.1, 0.15) is 0 Å². The van der Waals surface area contributed by atoms with Crippen molar-refractivity contribution in [3.63, 3.8) is 0 Å². The number of hydrogen-bond acceptors (Lipinski definition) is 2. The number of aliphatic carboxylic acids is 1. The van der Waals surface area contributed by atoms with Crippen LogP contribution in [0.4, 0.5) is 8.78 Å². The molecule has 1 aliphatic rings. The van der Waals surface area contributed by atoms with Gasteiger partial charge in [-0.3, -0.25) is 9.59 Å². The molecular weight excluding hydrogens is 352 g/mol. The Bertz CT molecular complexity index is 420. The Labute approximate surface area is 162 Å². The molecule has 6 heteroatoms. The zero-order chi connectivity index (χ0) is 20.0. The molecule has 1 rings (SSSR count). The largest absolute Gasteiger partial charge is 0.481 e. The third-order valence-electron chi connectivity index (χ3n) is 5.38. The third kappa shape index (κ3) is 12.7. The first kappa shape index (κ1) is 23.8. The Kier molecular flexibility index (Phi) is 12.3. The van der Waals surface area contributed by atoms with Crippen LogP contribution in [0.5, 0.6) is 0 Å². The number of alkyl halides is 2. The molecule has 0 aromatic rings. The first-order chi connectivity index (χ1) is 12.9. The maximum Gasteiger partial charge on any atom is 0.303 e. The number of carbonyl (C=O) groups excluding carboxylic acids is 1. The van der Waals surface area contributed by atoms with Crippen LogP contribution in [0, 0.1) is 0 Å². The highest BCUT2D eigenvalue weighted by Gasteiger charge is 2.35. The molecule has 158 valence electrons. The van der Waals surface area contributed by atoms with Gasteiger partial charge in [0.15, 0.2) is 0 Å². The Hall–Kier alpha value is -1.20. The fraction of sp³-hybridized carbons (Fsp3) is 0.905. The van der Waals surface area contributed by atoms with E-state index in [0.717, 1.165) is 38.5 Å². The van der Waals surface area contributed by atoms with Crippen LogP contribution in [0.15, 0.2) is 0 Å². The predicted molar refractivity (Wildman–Crippen MR) is 103 cm³/mol. The van der Waals surface area contributed by atoms with E-state index >= 15 is 0 Å². The van der Waals surface area contributed by atoms with Crippen molar-refractivity contribution in [2.45, 2.75) is 109 Å². The maximum atomic E-state index is 13.1. The fourth-order valence-electron chi connectivity index (χ4n) is 3.56. The summed E-state index contributed by atoms with van der Waals surface area (Å²) in [5.74, 6) is -3.25. The summed E-state index contributed by atoms with van der Waals surface area (Å²) in [5.41, 5.74) is 0. The molecular formula is C21H37F2NO3. The van der Waals surface area contributed by atoms with Gasteiger partial charge in [0, 0.05) is 38.8 Å². The van der Waals surface area contributed by atoms with Crippen molar-refractivity contribution >= 4 is 11.9 Å². The van der Waals surface area contributed by atoms with Gasteiger partial charge in [-0.15, -0.1) is 0 Å². The Morgan fingerprint density at radius 2 is 1.07 bits per heavy atom. The van der Waals surface area contributed by atoms with Crippen LogP contribution in [0.3, 0.4) is 0 Å². The summed E-state index contributed by atoms with van der Waals surface area (Å²) < 4.78 is 26.2. The standard InChI is InChI=1S/C21H37F2NO3/c22-21(23)15-17-24(18-16-21)19(25)13-11-9-7-5-3-1-2-4-6-8-10-12-14-20(26)27/h1-18H2,(H,26,27). The van der Waals surface area contributed by atoms with E-state index in [-0.39, 0.29) is 31.8 Å². The van der Waals surface area contributed by atoms with Gasteiger partial charge in [-0.2, -0.15) is 0 Å². The average molecular weight is 390 g/mol. The van der Waals surface area contributed by atoms with Crippen molar-refractivity contribution in [3.05, 3.63) is 0 Å². The number of halogens is 2. The number of nitrogens with zero attached hydrogens (tertiary/aromatic N) is 1. The van der Waals surface area contributed by atoms with E-state index in [0.29, 0.717) is 12.8 Å². The van der Waals surface area contributed by atoms with Crippen LogP contribution in [0.25, 0.3) is 0 Å². The van der Waals surface area contributed by atoms with E-state index in [9.17, 15) is 18.4 Å². The Balaban J connectivity index is 1.81. The van der Waals surface area contributed by atoms with Crippen LogP contribution in [-0.2, 0) is 9.59 Å². The van der Waals surface area contributed by atoms with Crippen molar-refractivity contribution in [2.75, 3.05) is 13.1 Å². The van der Waals surface area contributed by atoms with Crippen molar-refractivity contribution in [1.82, 2.24) is 4.90 Å². The minimum Gasteiger partial charge on any atom is -0.481 e. The molecule has 0 unspecified atom stereocenters. The minimum absolute atomic E-state index is 0.0360. The van der Waals surface area contributed by atoms with Crippen LogP contribution in [-0.4, -0.2) is 40.9 Å². The Morgan fingerprint density at radius 1 is 0.704 bits per heavy atom. The average Bonchev–Trinajstić information content (AvgIpc) is 2.61. The number of piperidine rings is 1. The molecule has 0 aliphatic carbocycles. The molecule has 0 aromatic carbocycles. The highest BCUT2D eigenvalue weighted by molar-refractivity contribution is 5.76. The van der Waals surface area contributed by atoms with E-state index in [2.05, 4.69) is 0 Å². The lowest BCUT2D eigenvalue weighted by atomic mass is 10.0. The van der Waals surface area contributed by atoms with Gasteiger partial charge < -0.3 is 10.0 Å². The summed E-state index contributed by atoms with van der Waals surface area (Å²) in [6, 6.07) is 0. The van der Waals surface area contributed by atoms with Gasteiger partial charge >= 0.3 is 5.97 Å². The van der Waals surface area contributed by atoms with Crippen molar-refractivity contribution < 1.29 is 23.5 Å². The smallest absolute Gasteiger partial charge is 0.303 e. The second kappa shape index (κ2) is 13.9. The SMILES string of the molecule is O=C(O)CCCCCCCCCCCCCCC(=O)N1CCC(F)(F)CC1. The second-order valence-corrected chi connectivity index (χ2v) is 7.87. The summed E-state index contributed by atoms with van der Waals surface area (Å²) in [6.45, 7) is 0.400. The number of carbonyl (C=O) groups is 2. The first-order valence-electron chi connectivity index (χ1n) is 10.8. The molecule has 27 heavy (non-hydrogen) atoms. The summed E-state index contributed by atoms with van der Waals surface area (Å²) >= 11 is 0. The summed E-state index contributed by atoms with van der Waals surface area (Å²) in [7, 11) is 0. The van der Waals surface area contributed by atoms with Crippen LogP contribution < -0.4 is 0 Å². The van der Waals surface area contributed by atoms with Gasteiger partial charge in [0.2, 0.25) is 5.91 Å². The molecule has 0 saturated carbocycles. The zero-order valence-electron chi connectivity index (χ0n) is 16.7. The predicted octanol–water partition coefficient (Wildman–Crippen LogP) is 5.79. The fourth-order valence-corrected chi connectivity index (χ4v) is 3.56. The topological polar surface area (TPSA) is 57.6 Å². The number of unbranched alkanes of at least 4 members (excludes halogenated alkanes) is 11. The van der Waals surface area contributed by atoms with Crippen molar-refractivity contribution in [3.8, 4) is 0 Å². The Morgan fingerprint density at radius 3 is 1.48 bits per heavy atom. The normalized spacial score (nSPS) is 16.4. The van der Waals surface area contributed by atoms with Gasteiger partial charge in [-0.1, -0.05) is 64.2 Å². The lowest BCUT2D eigenvalue weighted by molar-refractivity contribution is -0.138. The second-order valence-electron chi connectivity index (χ2n) is 7.87. The molecule has 0 aromatic heterocycles. The molecule has 0 radical (unpaired) electrons. The van der Waals surface area contributed by atoms with Crippen LogP contribution >= 0.6 is 0 Å². The van der Waals surface area contributed by atoms with E-state index in [1.54, 1.807) is 4.90 Å². The zero-order valence-corrected chi connectivity index (χ0v) is 16.7. The van der Waals surface area contributed by atoms with Gasteiger partial charge in [0.25, 0.3) is 5.92 Å². The maximum absolute atomic E-state index is 13.1. The lowest BCUT2D eigenvalue weighted by Crippen LogP contribution is -2.42. The number of amides is 1. The highest BCUT2D eigenvalue weighted by atomic mass is 19.3. The number of carboxylic acids is 1. The van der Waals surface area contributed by atoms with Gasteiger partial charge in [-0.05, 0) is 12.8 Å². The molecule has 1 heterocycles. The molecule has 0 atom stereocenters. The van der Waals surface area contributed by atoms with Crippen LogP contribution in [0.2, 0.25) is 0 Å². The number of likely N-dealkylation sites (tertiary alicyclic amines) is 1. The number of rotatable bonds is 15. The molecule has 1 N–H and O–H groups in total. The highest BCUT2D eigenvalue weighted by Crippen LogP contribution is 2.28. The van der Waals surface area contributed by atoms with Gasteiger partial charge in [-0.25, -0.2) is 8.78 Å². The van der Waals surface area contributed by atoms with E-state index in [4.69, 9.17) is 5.11 Å². The molecule has 1 aliphatic heterocycles. The van der Waals surface area contributed by atoms with E-state index < -0.39 is 11.9 Å². The molecule has 0 bridgehead atoms. The summed E-state index contributed by atoms with van der Waals surface area (Å²) in [4.78, 5) is 24.0. The quantitative estimate of drug-likeness (QED) is 0.361. The third-order valence-corrected chi connectivity index (χ3v) is 5.38. The number of carboxylic acid groups (broad SMARTS) is 1. The number of hydrogen-bond donors (Lipinski definition) is 1. The monoisotopic (exact) mass is 389 g/mol. The van der Waals surface area contributed by atoms with E-state index in [1.165, 1.54) is 38.5 Å². The molecule has 4 nitrogen and oxygen atoms in total.